The van der Waals surface area contributed by atoms with Gasteiger partial charge in [-0.15, -0.1) is 0 Å². The summed E-state index contributed by atoms with van der Waals surface area (Å²) in [6.45, 7) is 2.35. The van der Waals surface area contributed by atoms with E-state index < -0.39 is 29.9 Å². The third-order valence-electron chi connectivity index (χ3n) is 6.01. The molecule has 190 valence electrons. The number of methoxy groups -OCH3 is 1. The lowest BCUT2D eigenvalue weighted by atomic mass is 10.0. The number of benzene rings is 2. The fourth-order valence-electron chi connectivity index (χ4n) is 4.16. The molecule has 11 nitrogen and oxygen atoms in total. The van der Waals surface area contributed by atoms with Gasteiger partial charge in [0.1, 0.15) is 0 Å². The normalized spacial score (nSPS) is 15.1. The molecule has 0 aromatic heterocycles. The Labute approximate surface area is 207 Å². The fourth-order valence-corrected chi connectivity index (χ4v) is 4.16. The summed E-state index contributed by atoms with van der Waals surface area (Å²) in [6, 6.07) is 9.23. The topological polar surface area (TPSA) is 144 Å². The number of nitrogens with zero attached hydrogens (tertiary/aromatic N) is 1. The maximum atomic E-state index is 13.5. The van der Waals surface area contributed by atoms with Gasteiger partial charge in [-0.2, -0.15) is 5.48 Å². The molecule has 0 unspecified atom stereocenters. The average molecular weight is 498 g/mol. The lowest BCUT2D eigenvalue weighted by Gasteiger charge is -2.28. The molecule has 1 heterocycles. The number of carbonyl (C=O) groups excluding carboxylic acids is 3. The first-order valence-corrected chi connectivity index (χ1v) is 11.5. The summed E-state index contributed by atoms with van der Waals surface area (Å²) < 4.78 is 11.0. The third-order valence-corrected chi connectivity index (χ3v) is 6.01. The van der Waals surface area contributed by atoms with Gasteiger partial charge < -0.3 is 24.3 Å². The van der Waals surface area contributed by atoms with E-state index >= 15 is 0 Å². The van der Waals surface area contributed by atoms with E-state index in [1.807, 2.05) is 6.92 Å². The van der Waals surface area contributed by atoms with E-state index in [0.29, 0.717) is 29.2 Å². The smallest absolute Gasteiger partial charge is 0.409 e. The summed E-state index contributed by atoms with van der Waals surface area (Å²) in [7, 11) is 1.51. The van der Waals surface area contributed by atoms with Gasteiger partial charge in [0.2, 0.25) is 0 Å². The number of hydrogen-bond donors (Lipinski definition) is 3. The summed E-state index contributed by atoms with van der Waals surface area (Å²) in [5.41, 5.74) is 3.80. The maximum Gasteiger partial charge on any atom is 0.409 e. The number of amides is 3. The van der Waals surface area contributed by atoms with Crippen molar-refractivity contribution in [1.29, 1.82) is 0 Å². The molecule has 3 amide bonds. The predicted octanol–water partition coefficient (Wildman–Crippen LogP) is 3.26. The van der Waals surface area contributed by atoms with Crippen molar-refractivity contribution in [2.45, 2.75) is 38.8 Å². The van der Waals surface area contributed by atoms with Gasteiger partial charge in [-0.3, -0.25) is 14.9 Å². The molecule has 4 rings (SSSR count). The monoisotopic (exact) mass is 497 g/mol. The minimum atomic E-state index is -1.29. The number of carbonyl (C=O) groups is 4. The summed E-state index contributed by atoms with van der Waals surface area (Å²) in [5, 5.41) is 11.4. The van der Waals surface area contributed by atoms with Gasteiger partial charge in [-0.05, 0) is 49.1 Å². The van der Waals surface area contributed by atoms with Crippen LogP contribution in [-0.4, -0.2) is 47.6 Å². The standard InChI is InChI=1S/C25H27N3O8/c1-3-35-20-11-15(9-10-19(20)34-2)18(12-21(29)27-36-24(31)14-7-8-14)28-13-16-5-4-6-17(26-25(32)33)22(16)23(28)30/h4-6,9-11,14,18,26H,3,7-8,12-13H2,1-2H3,(H,27,29)(H,32,33)/t18-/m1/s1. The van der Waals surface area contributed by atoms with Crippen LogP contribution >= 0.6 is 0 Å². The quantitative estimate of drug-likeness (QED) is 0.448. The molecule has 0 radical (unpaired) electrons. The number of hydrogen-bond acceptors (Lipinski definition) is 7. The van der Waals surface area contributed by atoms with Crippen molar-refractivity contribution in [3.05, 3.63) is 53.1 Å². The summed E-state index contributed by atoms with van der Waals surface area (Å²) in [6.07, 6.45) is -0.0376. The minimum Gasteiger partial charge on any atom is -0.493 e. The number of fused-ring (bicyclic) bond motifs is 1. The van der Waals surface area contributed by atoms with Gasteiger partial charge in [0.25, 0.3) is 11.8 Å². The molecular weight excluding hydrogens is 470 g/mol. The van der Waals surface area contributed by atoms with Crippen LogP contribution < -0.4 is 20.3 Å². The lowest BCUT2D eigenvalue weighted by molar-refractivity contribution is -0.159. The first-order chi connectivity index (χ1) is 17.3. The average Bonchev–Trinajstić information content (AvgIpc) is 3.65. The van der Waals surface area contributed by atoms with Crippen LogP contribution in [-0.2, 0) is 21.0 Å². The highest BCUT2D eigenvalue weighted by Gasteiger charge is 2.37. The second kappa shape index (κ2) is 10.5. The second-order valence-corrected chi connectivity index (χ2v) is 8.49. The molecule has 36 heavy (non-hydrogen) atoms. The third kappa shape index (κ3) is 5.35. The first kappa shape index (κ1) is 24.8. The minimum absolute atomic E-state index is 0.152. The van der Waals surface area contributed by atoms with Crippen LogP contribution in [0.3, 0.4) is 0 Å². The Bertz CT molecular complexity index is 1190. The Morgan fingerprint density at radius 2 is 1.94 bits per heavy atom. The van der Waals surface area contributed by atoms with Crippen molar-refractivity contribution < 1.29 is 38.6 Å². The summed E-state index contributed by atoms with van der Waals surface area (Å²) in [5.74, 6) is -0.763. The van der Waals surface area contributed by atoms with Crippen LogP contribution in [0.5, 0.6) is 11.5 Å². The molecule has 1 aliphatic heterocycles. The molecular formula is C25H27N3O8. The predicted molar refractivity (Wildman–Crippen MR) is 126 cm³/mol. The Hall–Kier alpha value is -4.28. The van der Waals surface area contributed by atoms with Crippen LogP contribution in [0.15, 0.2) is 36.4 Å². The molecule has 0 bridgehead atoms. The van der Waals surface area contributed by atoms with Gasteiger partial charge in [0.05, 0.1) is 43.3 Å². The van der Waals surface area contributed by atoms with E-state index in [0.717, 1.165) is 12.8 Å². The molecule has 2 aliphatic rings. The van der Waals surface area contributed by atoms with Crippen molar-refractivity contribution in [2.75, 3.05) is 19.0 Å². The highest BCUT2D eigenvalue weighted by Crippen LogP contribution is 2.39. The van der Waals surface area contributed by atoms with E-state index in [-0.39, 0.29) is 30.1 Å². The molecule has 3 N–H and O–H groups in total. The van der Waals surface area contributed by atoms with Crippen LogP contribution in [0, 0.1) is 5.92 Å². The number of nitrogens with one attached hydrogen (secondary N) is 2. The van der Waals surface area contributed by atoms with Crippen molar-refractivity contribution in [3.8, 4) is 11.5 Å². The van der Waals surface area contributed by atoms with E-state index in [2.05, 4.69) is 10.8 Å². The number of hydroxylamine groups is 1. The molecule has 1 atom stereocenters. The highest BCUT2D eigenvalue weighted by molar-refractivity contribution is 6.06. The molecule has 0 spiro atoms. The molecule has 2 aromatic carbocycles. The van der Waals surface area contributed by atoms with Crippen LogP contribution in [0.2, 0.25) is 0 Å². The molecule has 2 aromatic rings. The Kier molecular flexibility index (Phi) is 7.28. The van der Waals surface area contributed by atoms with Gasteiger partial charge in [0.15, 0.2) is 11.5 Å². The highest BCUT2D eigenvalue weighted by atomic mass is 16.7. The van der Waals surface area contributed by atoms with E-state index in [1.54, 1.807) is 30.3 Å². The lowest BCUT2D eigenvalue weighted by Crippen LogP contribution is -2.35. The SMILES string of the molecule is CCOc1cc([C@@H](CC(=O)NOC(=O)C2CC2)N2Cc3cccc(NC(=O)O)c3C2=O)ccc1OC. The molecule has 1 aliphatic carbocycles. The Balaban J connectivity index is 1.64. The van der Waals surface area contributed by atoms with Gasteiger partial charge in [0, 0.05) is 6.54 Å². The maximum absolute atomic E-state index is 13.5. The zero-order valence-electron chi connectivity index (χ0n) is 19.9. The molecule has 0 saturated heterocycles. The van der Waals surface area contributed by atoms with Gasteiger partial charge >= 0.3 is 12.1 Å². The number of rotatable bonds is 9. The largest absolute Gasteiger partial charge is 0.493 e. The summed E-state index contributed by atoms with van der Waals surface area (Å²) in [4.78, 5) is 55.8. The fraction of sp³-hybridized carbons (Fsp3) is 0.360. The van der Waals surface area contributed by atoms with Gasteiger partial charge in [-0.25, -0.2) is 9.59 Å². The van der Waals surface area contributed by atoms with Crippen LogP contribution in [0.25, 0.3) is 0 Å². The number of carboxylic acid groups (broad SMARTS) is 1. The van der Waals surface area contributed by atoms with Gasteiger partial charge in [-0.1, -0.05) is 18.2 Å². The zero-order valence-corrected chi connectivity index (χ0v) is 19.9. The molecule has 11 heteroatoms. The van der Waals surface area contributed by atoms with Crippen LogP contribution in [0.1, 0.15) is 53.7 Å². The summed E-state index contributed by atoms with van der Waals surface area (Å²) >= 11 is 0. The number of anilines is 1. The first-order valence-electron chi connectivity index (χ1n) is 11.5. The van der Waals surface area contributed by atoms with E-state index in [9.17, 15) is 24.3 Å². The van der Waals surface area contributed by atoms with E-state index in [1.165, 1.54) is 18.1 Å². The second-order valence-electron chi connectivity index (χ2n) is 8.49. The molecule has 1 saturated carbocycles. The van der Waals surface area contributed by atoms with E-state index in [4.69, 9.17) is 14.3 Å². The van der Waals surface area contributed by atoms with Crippen LogP contribution in [0.4, 0.5) is 10.5 Å². The Morgan fingerprint density at radius 1 is 1.17 bits per heavy atom. The van der Waals surface area contributed by atoms with Crippen molar-refractivity contribution in [1.82, 2.24) is 10.4 Å². The Morgan fingerprint density at radius 3 is 2.61 bits per heavy atom. The number of ether oxygens (including phenoxy) is 2. The van der Waals surface area contributed by atoms with Crippen molar-refractivity contribution in [2.24, 2.45) is 5.92 Å². The van der Waals surface area contributed by atoms with Crippen molar-refractivity contribution >= 4 is 29.6 Å². The van der Waals surface area contributed by atoms with Crippen molar-refractivity contribution in [3.63, 3.8) is 0 Å². The molecule has 1 fully saturated rings. The zero-order chi connectivity index (χ0) is 25.8.